The fraction of sp³-hybridized carbons (Fsp3) is 0.217. The molecule has 2 aliphatic heterocycles. The monoisotopic (exact) mass is 574 g/mol. The second kappa shape index (κ2) is 11.9. The van der Waals surface area contributed by atoms with E-state index in [-0.39, 0.29) is 46.0 Å². The minimum Gasteiger partial charge on any atom is -0.456 e. The average molecular weight is 575 g/mol. The molecule has 2 N–H and O–H groups in total. The van der Waals surface area contributed by atoms with Crippen molar-refractivity contribution in [2.24, 2.45) is 5.16 Å². The third-order valence-corrected chi connectivity index (χ3v) is 7.27. The van der Waals surface area contributed by atoms with Crippen LogP contribution in [-0.4, -0.2) is 69.0 Å². The lowest BCUT2D eigenvalue weighted by atomic mass is 10.0. The Morgan fingerprint density at radius 3 is 2.72 bits per heavy atom. The normalized spacial score (nSPS) is 18.5. The summed E-state index contributed by atoms with van der Waals surface area (Å²) < 4.78 is 5.30. The predicted molar refractivity (Wildman–Crippen MR) is 138 cm³/mol. The molecule has 0 radical (unpaired) electrons. The largest absolute Gasteiger partial charge is 0.456 e. The molecule has 14 nitrogen and oxygen atoms in total. The van der Waals surface area contributed by atoms with Gasteiger partial charge in [0.05, 0.1) is 9.96 Å². The molecule has 1 fully saturated rings. The average Bonchev–Trinajstić information content (AvgIpc) is 2.93. The van der Waals surface area contributed by atoms with Gasteiger partial charge in [0.15, 0.2) is 5.71 Å². The van der Waals surface area contributed by atoms with E-state index < -0.39 is 34.1 Å². The summed E-state index contributed by atoms with van der Waals surface area (Å²) >= 11 is 7.51. The number of aromatic nitrogens is 1. The summed E-state index contributed by atoms with van der Waals surface area (Å²) in [6.07, 6.45) is 0.425. The number of anilines is 1. The fourth-order valence-corrected chi connectivity index (χ4v) is 5.26. The topological polar surface area (TPSA) is 182 Å². The molecule has 1 aromatic carbocycles. The van der Waals surface area contributed by atoms with Crippen molar-refractivity contribution in [2.45, 2.75) is 18.0 Å². The number of non-ortho nitro benzene ring substituents is 1. The lowest BCUT2D eigenvalue weighted by molar-refractivity contribution is -0.384. The number of carbonyl (C=O) groups is 4. The van der Waals surface area contributed by atoms with E-state index in [2.05, 4.69) is 20.8 Å². The number of carbonyl (C=O) groups excluding carboxylic acids is 4. The van der Waals surface area contributed by atoms with Gasteiger partial charge < -0.3 is 20.2 Å². The van der Waals surface area contributed by atoms with Crippen LogP contribution in [0.15, 0.2) is 58.3 Å². The number of nitro groups is 1. The van der Waals surface area contributed by atoms with E-state index in [1.165, 1.54) is 55.3 Å². The highest BCUT2D eigenvalue weighted by atomic mass is 35.5. The third kappa shape index (κ3) is 5.83. The molecule has 0 spiro atoms. The first-order chi connectivity index (χ1) is 18.7. The number of fused-ring (bicyclic) bond motifs is 1. The van der Waals surface area contributed by atoms with E-state index in [0.29, 0.717) is 12.0 Å². The fourth-order valence-electron chi connectivity index (χ4n) is 3.72. The van der Waals surface area contributed by atoms with E-state index >= 15 is 0 Å². The minimum atomic E-state index is -1.01. The molecule has 3 heterocycles. The molecule has 2 aromatic rings. The second-order valence-electron chi connectivity index (χ2n) is 7.91. The van der Waals surface area contributed by atoms with Crippen molar-refractivity contribution >= 4 is 64.8 Å². The van der Waals surface area contributed by atoms with Crippen LogP contribution in [-0.2, 0) is 35.4 Å². The maximum Gasteiger partial charge on any atom is 0.356 e. The molecule has 202 valence electrons. The molecule has 16 heteroatoms. The highest BCUT2D eigenvalue weighted by Crippen LogP contribution is 2.41. The number of β-lactam (4-membered cyclic amide) rings is 1. The van der Waals surface area contributed by atoms with Crippen LogP contribution in [0.3, 0.4) is 0 Å². The van der Waals surface area contributed by atoms with Gasteiger partial charge in [-0.15, -0.1) is 11.8 Å². The molecule has 0 aliphatic carbocycles. The van der Waals surface area contributed by atoms with Crippen LogP contribution in [0.5, 0.6) is 0 Å². The van der Waals surface area contributed by atoms with Gasteiger partial charge in [-0.1, -0.05) is 22.8 Å². The van der Waals surface area contributed by atoms with Gasteiger partial charge in [-0.2, -0.15) is 0 Å². The van der Waals surface area contributed by atoms with Crippen molar-refractivity contribution < 1.29 is 33.7 Å². The number of esters is 1. The highest BCUT2D eigenvalue weighted by Gasteiger charge is 2.54. The number of nitrogens with one attached hydrogen (secondary N) is 2. The second-order valence-corrected chi connectivity index (χ2v) is 9.47. The standard InChI is InChI=1S/C23H19ClN6O8S/c1-37-28-17(15-3-2-4-16(26-15)25-11-31)20(32)27-18-21(33)29-19(14(24)10-39-22(18)29)23(34)38-9-12-5-7-13(8-6-12)30(35)36/h2-8,11,18,22H,9-10H2,1H3,(H,27,32)(H,25,26,31)/t18?,22-/m0/s1. The summed E-state index contributed by atoms with van der Waals surface area (Å²) in [6, 6.07) is 8.95. The zero-order valence-electron chi connectivity index (χ0n) is 20.0. The van der Waals surface area contributed by atoms with Crippen molar-refractivity contribution in [2.75, 3.05) is 18.2 Å². The Morgan fingerprint density at radius 2 is 2.05 bits per heavy atom. The number of ether oxygens (including phenoxy) is 1. The highest BCUT2D eigenvalue weighted by molar-refractivity contribution is 8.00. The number of pyridine rings is 1. The Hall–Kier alpha value is -4.50. The maximum absolute atomic E-state index is 13.0. The Balaban J connectivity index is 1.44. The summed E-state index contributed by atoms with van der Waals surface area (Å²) in [6.45, 7) is -0.202. The van der Waals surface area contributed by atoms with Gasteiger partial charge in [-0.05, 0) is 29.8 Å². The van der Waals surface area contributed by atoms with Gasteiger partial charge in [0, 0.05) is 17.9 Å². The van der Waals surface area contributed by atoms with Crippen LogP contribution in [0, 0.1) is 10.1 Å². The summed E-state index contributed by atoms with van der Waals surface area (Å²) in [4.78, 5) is 69.9. The van der Waals surface area contributed by atoms with Crippen molar-refractivity contribution in [1.29, 1.82) is 0 Å². The Morgan fingerprint density at radius 1 is 1.31 bits per heavy atom. The van der Waals surface area contributed by atoms with Crippen LogP contribution in [0.25, 0.3) is 0 Å². The number of oxime groups is 1. The van der Waals surface area contributed by atoms with Crippen molar-refractivity contribution in [3.63, 3.8) is 0 Å². The molecule has 4 rings (SSSR count). The summed E-state index contributed by atoms with van der Waals surface area (Å²) in [5.41, 5.74) is 0.0911. The van der Waals surface area contributed by atoms with E-state index in [4.69, 9.17) is 21.2 Å². The van der Waals surface area contributed by atoms with Crippen LogP contribution < -0.4 is 10.6 Å². The Kier molecular flexibility index (Phi) is 8.41. The molecule has 1 saturated heterocycles. The van der Waals surface area contributed by atoms with Crippen LogP contribution in [0.2, 0.25) is 0 Å². The molecule has 2 atom stereocenters. The van der Waals surface area contributed by atoms with Gasteiger partial charge in [-0.3, -0.25) is 29.4 Å². The zero-order valence-corrected chi connectivity index (χ0v) is 21.6. The lowest BCUT2D eigenvalue weighted by Crippen LogP contribution is -2.71. The number of halogens is 1. The molecular formula is C23H19ClN6O8S. The first-order valence-electron chi connectivity index (χ1n) is 11.1. The number of nitrogens with zero attached hydrogens (tertiary/aromatic N) is 4. The van der Waals surface area contributed by atoms with E-state index in [9.17, 15) is 29.3 Å². The van der Waals surface area contributed by atoms with Crippen molar-refractivity contribution in [3.8, 4) is 0 Å². The van der Waals surface area contributed by atoms with Crippen LogP contribution in [0.4, 0.5) is 11.5 Å². The van der Waals surface area contributed by atoms with Gasteiger partial charge in [-0.25, -0.2) is 9.78 Å². The minimum absolute atomic E-state index is 0.0829. The van der Waals surface area contributed by atoms with E-state index in [1.54, 1.807) is 6.07 Å². The van der Waals surface area contributed by atoms with Crippen molar-refractivity contribution in [1.82, 2.24) is 15.2 Å². The van der Waals surface area contributed by atoms with Crippen LogP contribution >= 0.6 is 23.4 Å². The number of amides is 3. The van der Waals surface area contributed by atoms with Gasteiger partial charge in [0.2, 0.25) is 6.41 Å². The number of hydrogen-bond donors (Lipinski definition) is 2. The smallest absolute Gasteiger partial charge is 0.356 e. The quantitative estimate of drug-likeness (QED) is 0.105. The summed E-state index contributed by atoms with van der Waals surface area (Å²) in [5, 5.41) is 18.9. The van der Waals surface area contributed by atoms with E-state index in [1.807, 2.05) is 0 Å². The zero-order chi connectivity index (χ0) is 28.1. The number of benzene rings is 1. The van der Waals surface area contributed by atoms with Crippen LogP contribution in [0.1, 0.15) is 11.3 Å². The van der Waals surface area contributed by atoms with Gasteiger partial charge in [0.25, 0.3) is 17.5 Å². The van der Waals surface area contributed by atoms with Gasteiger partial charge >= 0.3 is 5.97 Å². The molecule has 0 bridgehead atoms. The predicted octanol–water partition coefficient (Wildman–Crippen LogP) is 1.50. The molecule has 2 aliphatic rings. The first kappa shape index (κ1) is 27.5. The van der Waals surface area contributed by atoms with Crippen molar-refractivity contribution in [3.05, 3.63) is 74.6 Å². The number of rotatable bonds is 10. The Bertz CT molecular complexity index is 1400. The maximum atomic E-state index is 13.0. The number of hydrogen-bond acceptors (Lipinski definition) is 11. The Labute approximate surface area is 229 Å². The molecule has 1 unspecified atom stereocenters. The molecule has 1 aromatic heterocycles. The van der Waals surface area contributed by atoms with Gasteiger partial charge in [0.1, 0.15) is 42.3 Å². The summed E-state index contributed by atoms with van der Waals surface area (Å²) in [5.74, 6) is -1.86. The molecular weight excluding hydrogens is 556 g/mol. The number of thioether (sulfide) groups is 1. The molecule has 0 saturated carbocycles. The SMILES string of the molecule is CON=C(C(=O)NC1C(=O)N2C(C(=O)OCc3ccc([N+](=O)[O-])cc3)=C(Cl)CS[C@@H]12)c1cccc(NC=O)n1. The lowest BCUT2D eigenvalue weighted by Gasteiger charge is -2.49. The third-order valence-electron chi connectivity index (χ3n) is 5.51. The number of nitro benzene ring substituents is 1. The summed E-state index contributed by atoms with van der Waals surface area (Å²) in [7, 11) is 1.23. The first-order valence-corrected chi connectivity index (χ1v) is 12.5. The molecule has 3 amide bonds. The van der Waals surface area contributed by atoms with E-state index in [0.717, 1.165) is 4.90 Å². The molecule has 39 heavy (non-hydrogen) atoms.